The number of ether oxygens (including phenoxy) is 2. The Morgan fingerprint density at radius 2 is 1.72 bits per heavy atom. The lowest BCUT2D eigenvalue weighted by molar-refractivity contribution is -0.123. The van der Waals surface area contributed by atoms with Crippen molar-refractivity contribution >= 4 is 11.8 Å². The van der Waals surface area contributed by atoms with Crippen molar-refractivity contribution in [2.75, 3.05) is 6.61 Å². The molecule has 150 valence electrons. The molecule has 0 fully saturated rings. The van der Waals surface area contributed by atoms with Crippen molar-refractivity contribution in [3.05, 3.63) is 83.3 Å². The van der Waals surface area contributed by atoms with E-state index in [9.17, 15) is 9.59 Å². The number of hydrogen-bond acceptors (Lipinski definition) is 5. The Morgan fingerprint density at radius 3 is 2.52 bits per heavy atom. The van der Waals surface area contributed by atoms with Gasteiger partial charge in [-0.05, 0) is 55.3 Å². The fourth-order valence-corrected chi connectivity index (χ4v) is 2.48. The third-order valence-corrected chi connectivity index (χ3v) is 4.03. The number of carbonyl (C=O) groups excluding carboxylic acids is 2. The van der Waals surface area contributed by atoms with Gasteiger partial charge in [-0.2, -0.15) is 0 Å². The molecule has 0 bridgehead atoms. The molecule has 0 aliphatic carbocycles. The Hall–Kier alpha value is -3.74. The summed E-state index contributed by atoms with van der Waals surface area (Å²) in [5, 5.41) is 0. The van der Waals surface area contributed by atoms with Crippen molar-refractivity contribution < 1.29 is 23.5 Å². The van der Waals surface area contributed by atoms with Gasteiger partial charge in [0.2, 0.25) is 0 Å². The first kappa shape index (κ1) is 20.0. The van der Waals surface area contributed by atoms with Crippen LogP contribution in [0.25, 0.3) is 0 Å². The predicted octanol–water partition coefficient (Wildman–Crippen LogP) is 3.32. The standard InChI is InChI=1S/C22H22N2O5/c1-15-8-9-16(2)20(12-15)28-14-21(25)23-24-22(26)19-11-10-18(29-19)13-27-17-6-4-3-5-7-17/h3-12H,13-14H2,1-2H3,(H,23,25)(H,24,26). The summed E-state index contributed by atoms with van der Waals surface area (Å²) in [6.07, 6.45) is 0. The van der Waals surface area contributed by atoms with E-state index < -0.39 is 11.8 Å². The van der Waals surface area contributed by atoms with Crippen molar-refractivity contribution in [2.24, 2.45) is 0 Å². The number of aryl methyl sites for hydroxylation is 2. The maximum absolute atomic E-state index is 12.1. The monoisotopic (exact) mass is 394 g/mol. The highest BCUT2D eigenvalue weighted by molar-refractivity contribution is 5.93. The fraction of sp³-hybridized carbons (Fsp3) is 0.182. The molecule has 29 heavy (non-hydrogen) atoms. The van der Waals surface area contributed by atoms with Crippen molar-refractivity contribution in [3.63, 3.8) is 0 Å². The number of rotatable bonds is 7. The first-order valence-corrected chi connectivity index (χ1v) is 9.07. The number of nitrogens with one attached hydrogen (secondary N) is 2. The minimum absolute atomic E-state index is 0.0624. The van der Waals surface area contributed by atoms with E-state index in [1.165, 1.54) is 6.07 Å². The highest BCUT2D eigenvalue weighted by Gasteiger charge is 2.13. The second-order valence-electron chi connectivity index (χ2n) is 6.43. The van der Waals surface area contributed by atoms with Crippen LogP contribution in [0.15, 0.2) is 65.1 Å². The lowest BCUT2D eigenvalue weighted by Gasteiger charge is -2.10. The number of benzene rings is 2. The highest BCUT2D eigenvalue weighted by atomic mass is 16.5. The highest BCUT2D eigenvalue weighted by Crippen LogP contribution is 2.18. The second kappa shape index (κ2) is 9.45. The van der Waals surface area contributed by atoms with Crippen LogP contribution in [0.4, 0.5) is 0 Å². The summed E-state index contributed by atoms with van der Waals surface area (Å²) in [5.74, 6) is 0.817. The lowest BCUT2D eigenvalue weighted by Crippen LogP contribution is -2.43. The average Bonchev–Trinajstić information content (AvgIpc) is 3.21. The van der Waals surface area contributed by atoms with Crippen LogP contribution in [0, 0.1) is 13.8 Å². The quantitative estimate of drug-likeness (QED) is 0.600. The lowest BCUT2D eigenvalue weighted by atomic mass is 10.1. The largest absolute Gasteiger partial charge is 0.486 e. The molecule has 0 spiro atoms. The Morgan fingerprint density at radius 1 is 0.931 bits per heavy atom. The Labute approximate surface area is 168 Å². The molecular formula is C22H22N2O5. The molecule has 7 nitrogen and oxygen atoms in total. The molecule has 0 atom stereocenters. The van der Waals surface area contributed by atoms with Gasteiger partial charge >= 0.3 is 5.91 Å². The molecule has 0 radical (unpaired) electrons. The van der Waals surface area contributed by atoms with E-state index in [0.717, 1.165) is 11.1 Å². The number of carbonyl (C=O) groups is 2. The number of amides is 2. The summed E-state index contributed by atoms with van der Waals surface area (Å²) < 4.78 is 16.5. The maximum atomic E-state index is 12.1. The number of para-hydroxylation sites is 1. The smallest absolute Gasteiger partial charge is 0.305 e. The van der Waals surface area contributed by atoms with Gasteiger partial charge in [-0.15, -0.1) is 0 Å². The summed E-state index contributed by atoms with van der Waals surface area (Å²) in [4.78, 5) is 24.0. The van der Waals surface area contributed by atoms with E-state index in [4.69, 9.17) is 13.9 Å². The number of hydrogen-bond donors (Lipinski definition) is 2. The van der Waals surface area contributed by atoms with Crippen LogP contribution in [0.5, 0.6) is 11.5 Å². The molecule has 2 amide bonds. The van der Waals surface area contributed by atoms with E-state index in [1.54, 1.807) is 6.07 Å². The van der Waals surface area contributed by atoms with Crippen LogP contribution in [-0.4, -0.2) is 18.4 Å². The minimum Gasteiger partial charge on any atom is -0.486 e. The van der Waals surface area contributed by atoms with Gasteiger partial charge in [0.15, 0.2) is 12.4 Å². The van der Waals surface area contributed by atoms with Crippen LogP contribution < -0.4 is 20.3 Å². The van der Waals surface area contributed by atoms with E-state index in [-0.39, 0.29) is 19.0 Å². The van der Waals surface area contributed by atoms with Crippen LogP contribution >= 0.6 is 0 Å². The van der Waals surface area contributed by atoms with Crippen LogP contribution in [-0.2, 0) is 11.4 Å². The molecule has 2 N–H and O–H groups in total. The van der Waals surface area contributed by atoms with Gasteiger partial charge in [0, 0.05) is 0 Å². The molecule has 0 unspecified atom stereocenters. The van der Waals surface area contributed by atoms with Gasteiger partial charge in [0.25, 0.3) is 5.91 Å². The Bertz CT molecular complexity index is 982. The molecule has 0 aliphatic rings. The molecule has 3 rings (SSSR count). The summed E-state index contributed by atoms with van der Waals surface area (Å²) in [6, 6.07) is 18.2. The topological polar surface area (TPSA) is 89.8 Å². The molecule has 1 aromatic heterocycles. The van der Waals surface area contributed by atoms with Gasteiger partial charge < -0.3 is 13.9 Å². The molecular weight excluding hydrogens is 372 g/mol. The van der Waals surface area contributed by atoms with Crippen molar-refractivity contribution in [1.82, 2.24) is 10.9 Å². The first-order valence-electron chi connectivity index (χ1n) is 9.07. The van der Waals surface area contributed by atoms with E-state index in [1.807, 2.05) is 62.4 Å². The zero-order chi connectivity index (χ0) is 20.6. The molecule has 0 aliphatic heterocycles. The zero-order valence-corrected chi connectivity index (χ0v) is 16.2. The molecule has 0 saturated carbocycles. The van der Waals surface area contributed by atoms with E-state index in [2.05, 4.69) is 10.9 Å². The van der Waals surface area contributed by atoms with E-state index >= 15 is 0 Å². The normalized spacial score (nSPS) is 10.3. The van der Waals surface area contributed by atoms with E-state index in [0.29, 0.717) is 17.3 Å². The number of furan rings is 1. The third kappa shape index (κ3) is 5.87. The van der Waals surface area contributed by atoms with Crippen molar-refractivity contribution in [1.29, 1.82) is 0 Å². The van der Waals surface area contributed by atoms with Crippen LogP contribution in [0.3, 0.4) is 0 Å². The Balaban J connectivity index is 1.43. The predicted molar refractivity (Wildman–Crippen MR) is 107 cm³/mol. The van der Waals surface area contributed by atoms with Crippen LogP contribution in [0.1, 0.15) is 27.4 Å². The summed E-state index contributed by atoms with van der Waals surface area (Å²) in [6.45, 7) is 3.80. The summed E-state index contributed by atoms with van der Waals surface area (Å²) in [7, 11) is 0. The minimum atomic E-state index is -0.573. The molecule has 0 saturated heterocycles. The van der Waals surface area contributed by atoms with Gasteiger partial charge in [0.05, 0.1) is 0 Å². The summed E-state index contributed by atoms with van der Waals surface area (Å²) in [5.41, 5.74) is 6.55. The number of hydrazine groups is 1. The molecule has 1 heterocycles. The third-order valence-electron chi connectivity index (χ3n) is 4.03. The van der Waals surface area contributed by atoms with Gasteiger partial charge in [-0.1, -0.05) is 30.3 Å². The second-order valence-corrected chi connectivity index (χ2v) is 6.43. The maximum Gasteiger partial charge on any atom is 0.305 e. The zero-order valence-electron chi connectivity index (χ0n) is 16.2. The molecule has 2 aromatic carbocycles. The first-order chi connectivity index (χ1) is 14.0. The average molecular weight is 394 g/mol. The molecule has 7 heteroatoms. The molecule has 3 aromatic rings. The fourth-order valence-electron chi connectivity index (χ4n) is 2.48. The van der Waals surface area contributed by atoms with Crippen molar-refractivity contribution in [3.8, 4) is 11.5 Å². The SMILES string of the molecule is Cc1ccc(C)c(OCC(=O)NNC(=O)c2ccc(COc3ccccc3)o2)c1. The Kier molecular flexibility index (Phi) is 6.52. The van der Waals surface area contributed by atoms with Crippen molar-refractivity contribution in [2.45, 2.75) is 20.5 Å². The van der Waals surface area contributed by atoms with Gasteiger partial charge in [-0.3, -0.25) is 20.4 Å². The summed E-state index contributed by atoms with van der Waals surface area (Å²) >= 11 is 0. The van der Waals surface area contributed by atoms with Gasteiger partial charge in [-0.25, -0.2) is 0 Å². The van der Waals surface area contributed by atoms with Crippen LogP contribution in [0.2, 0.25) is 0 Å². The van der Waals surface area contributed by atoms with Gasteiger partial charge in [0.1, 0.15) is 23.9 Å².